The van der Waals surface area contributed by atoms with Gasteiger partial charge in [-0.15, -0.1) is 0 Å². The first-order valence-corrected chi connectivity index (χ1v) is 10.2. The van der Waals surface area contributed by atoms with Crippen molar-refractivity contribution in [1.82, 2.24) is 5.32 Å². The number of nitrogens with one attached hydrogen (secondary N) is 1. The van der Waals surface area contributed by atoms with Crippen molar-refractivity contribution in [3.05, 3.63) is 70.7 Å². The minimum Gasteiger partial charge on any atom is -0.474 e. The fourth-order valence-electron chi connectivity index (χ4n) is 3.54. The molecule has 2 aliphatic rings. The van der Waals surface area contributed by atoms with Gasteiger partial charge in [-0.25, -0.2) is 0 Å². The normalized spacial score (nSPS) is 19.4. The number of rotatable bonds is 6. The second-order valence-electron chi connectivity index (χ2n) is 8.03. The fraction of sp³-hybridized carbons (Fsp3) is 0.375. The lowest BCUT2D eigenvalue weighted by Gasteiger charge is -2.24. The summed E-state index contributed by atoms with van der Waals surface area (Å²) in [4.78, 5) is 13.8. The molecule has 0 spiro atoms. The number of nitrogens with zero attached hydrogens (tertiary/aromatic N) is 1. The summed E-state index contributed by atoms with van der Waals surface area (Å²) in [5.41, 5.74) is 4.07. The average Bonchev–Trinajstić information content (AvgIpc) is 3.19. The minimum atomic E-state index is -4.34. The number of hydrogen-bond acceptors (Lipinski definition) is 4. The zero-order chi connectivity index (χ0) is 22.6. The summed E-state index contributed by atoms with van der Waals surface area (Å²) in [6.45, 7) is 7.02. The largest absolute Gasteiger partial charge is 0.474 e. The third kappa shape index (κ3) is 5.81. The van der Waals surface area contributed by atoms with Gasteiger partial charge in [0.15, 0.2) is 12.2 Å². The Kier molecular flexibility index (Phi) is 6.93. The molecule has 3 rings (SSSR count). The van der Waals surface area contributed by atoms with E-state index in [1.165, 1.54) is 11.6 Å². The molecule has 4 nitrogen and oxygen atoms in total. The Morgan fingerprint density at radius 2 is 1.97 bits per heavy atom. The summed E-state index contributed by atoms with van der Waals surface area (Å²) in [7, 11) is 0. The molecule has 0 aliphatic carbocycles. The summed E-state index contributed by atoms with van der Waals surface area (Å²) >= 11 is 0. The number of aldehydes is 1. The van der Waals surface area contributed by atoms with Crippen molar-refractivity contribution < 1.29 is 22.7 Å². The van der Waals surface area contributed by atoms with Crippen molar-refractivity contribution in [1.29, 1.82) is 0 Å². The van der Waals surface area contributed by atoms with Crippen LogP contribution in [0.15, 0.2) is 59.5 Å². The smallest absolute Gasteiger partial charge is 0.414 e. The van der Waals surface area contributed by atoms with Crippen LogP contribution in [-0.2, 0) is 4.74 Å². The molecule has 1 aromatic rings. The zero-order valence-corrected chi connectivity index (χ0v) is 17.9. The number of ether oxygens (including phenoxy) is 1. The molecule has 2 aliphatic heterocycles. The Balaban J connectivity index is 1.68. The molecule has 0 bridgehead atoms. The molecule has 0 unspecified atom stereocenters. The maximum absolute atomic E-state index is 12.7. The van der Waals surface area contributed by atoms with Gasteiger partial charge in [-0.2, -0.15) is 13.2 Å². The van der Waals surface area contributed by atoms with Crippen LogP contribution in [0.5, 0.6) is 0 Å². The van der Waals surface area contributed by atoms with Gasteiger partial charge in [-0.05, 0) is 56.2 Å². The monoisotopic (exact) mass is 432 g/mol. The van der Waals surface area contributed by atoms with Gasteiger partial charge in [0.25, 0.3) is 0 Å². The molecule has 0 radical (unpaired) electrons. The van der Waals surface area contributed by atoms with Crippen LogP contribution in [0.25, 0.3) is 5.57 Å². The van der Waals surface area contributed by atoms with Gasteiger partial charge in [-0.3, -0.25) is 4.79 Å². The molecule has 1 aromatic carbocycles. The maximum Gasteiger partial charge on any atom is 0.414 e. The van der Waals surface area contributed by atoms with Gasteiger partial charge in [0.05, 0.1) is 12.1 Å². The van der Waals surface area contributed by atoms with Crippen molar-refractivity contribution in [3.8, 4) is 0 Å². The highest BCUT2D eigenvalue weighted by Gasteiger charge is 2.34. The van der Waals surface area contributed by atoms with E-state index in [9.17, 15) is 18.0 Å². The highest BCUT2D eigenvalue weighted by molar-refractivity contribution is 5.87. The number of alkyl halides is 3. The van der Waals surface area contributed by atoms with Crippen molar-refractivity contribution in [3.63, 3.8) is 0 Å². The van der Waals surface area contributed by atoms with E-state index in [1.807, 2.05) is 51.1 Å². The van der Waals surface area contributed by atoms with E-state index in [0.29, 0.717) is 31.0 Å². The number of hydrogen-bond donors (Lipinski definition) is 1. The predicted octanol–water partition coefficient (Wildman–Crippen LogP) is 5.40. The molecular formula is C24H27F3N2O2. The average molecular weight is 432 g/mol. The van der Waals surface area contributed by atoms with E-state index in [4.69, 9.17) is 4.74 Å². The van der Waals surface area contributed by atoms with Crippen LogP contribution in [0.4, 0.5) is 18.9 Å². The van der Waals surface area contributed by atoms with Gasteiger partial charge in [0.1, 0.15) is 6.10 Å². The van der Waals surface area contributed by atoms with Crippen molar-refractivity contribution in [2.45, 2.75) is 39.5 Å². The van der Waals surface area contributed by atoms with Crippen LogP contribution in [0.1, 0.15) is 43.1 Å². The van der Waals surface area contributed by atoms with E-state index in [-0.39, 0.29) is 12.6 Å². The Morgan fingerprint density at radius 1 is 1.19 bits per heavy atom. The van der Waals surface area contributed by atoms with E-state index >= 15 is 0 Å². The first-order valence-electron chi connectivity index (χ1n) is 10.2. The first-order chi connectivity index (χ1) is 14.7. The van der Waals surface area contributed by atoms with Crippen LogP contribution < -0.4 is 10.2 Å². The molecule has 2 heterocycles. The number of halogens is 3. The van der Waals surface area contributed by atoms with Crippen LogP contribution >= 0.6 is 0 Å². The quantitative estimate of drug-likeness (QED) is 0.483. The standard InChI is InChI=1S/C24H27F3N2O2/c1-16(2)4-5-17(3)18-6-8-22(19(12-18)15-30)29-11-10-21(14-29)31-23-9-7-20(13-28-23)24(25,26)27/h4-9,12,15,21,28H,10-11,13-14H2,1-3H3/b17-5+/t21-/m0/s1. The molecule has 31 heavy (non-hydrogen) atoms. The highest BCUT2D eigenvalue weighted by Crippen LogP contribution is 2.30. The lowest BCUT2D eigenvalue weighted by Crippen LogP contribution is -2.31. The molecule has 1 atom stereocenters. The van der Waals surface area contributed by atoms with Crippen LogP contribution in [-0.4, -0.2) is 38.2 Å². The first kappa shape index (κ1) is 22.7. The molecule has 1 saturated heterocycles. The van der Waals surface area contributed by atoms with Crippen molar-refractivity contribution in [2.24, 2.45) is 0 Å². The van der Waals surface area contributed by atoms with Gasteiger partial charge in [0.2, 0.25) is 0 Å². The molecule has 166 valence electrons. The second-order valence-corrected chi connectivity index (χ2v) is 8.03. The Bertz CT molecular complexity index is 954. The molecule has 1 fully saturated rings. The Labute approximate surface area is 180 Å². The van der Waals surface area contributed by atoms with Gasteiger partial charge in [0, 0.05) is 30.8 Å². The summed E-state index contributed by atoms with van der Waals surface area (Å²) in [6, 6.07) is 5.82. The maximum atomic E-state index is 12.7. The number of dihydropyridines is 1. The van der Waals surface area contributed by atoms with Crippen molar-refractivity contribution in [2.75, 3.05) is 24.5 Å². The lowest BCUT2D eigenvalue weighted by atomic mass is 10.0. The molecule has 0 amide bonds. The molecule has 0 aromatic heterocycles. The highest BCUT2D eigenvalue weighted by atomic mass is 19.4. The van der Waals surface area contributed by atoms with Crippen LogP contribution in [0.2, 0.25) is 0 Å². The molecule has 1 N–H and O–H groups in total. The summed E-state index contributed by atoms with van der Waals surface area (Å²) in [5.74, 6) is 0.339. The zero-order valence-electron chi connectivity index (χ0n) is 17.9. The molecule has 7 heteroatoms. The SMILES string of the molecule is CC(C)=C/C=C(\C)c1ccc(N2CC[C@H](OC3=CC=C(C(F)(F)F)CN3)C2)c(C=O)c1. The van der Waals surface area contributed by atoms with Gasteiger partial charge >= 0.3 is 6.18 Å². The predicted molar refractivity (Wildman–Crippen MR) is 117 cm³/mol. The number of benzene rings is 1. The number of carbonyl (C=O) groups excluding carboxylic acids is 1. The summed E-state index contributed by atoms with van der Waals surface area (Å²) in [5, 5.41) is 2.68. The third-order valence-corrected chi connectivity index (χ3v) is 5.31. The minimum absolute atomic E-state index is 0.168. The number of allylic oxidation sites excluding steroid dienone is 6. The lowest BCUT2D eigenvalue weighted by molar-refractivity contribution is -0.0933. The Hall–Kier alpha value is -2.96. The van der Waals surface area contributed by atoms with E-state index < -0.39 is 11.7 Å². The number of carbonyl (C=O) groups is 1. The topological polar surface area (TPSA) is 41.6 Å². The molecule has 0 saturated carbocycles. The van der Waals surface area contributed by atoms with Crippen molar-refractivity contribution >= 4 is 17.5 Å². The van der Waals surface area contributed by atoms with E-state index in [1.54, 1.807) is 0 Å². The Morgan fingerprint density at radius 3 is 2.58 bits per heavy atom. The fourth-order valence-corrected chi connectivity index (χ4v) is 3.54. The van der Waals surface area contributed by atoms with E-state index in [0.717, 1.165) is 29.2 Å². The molecular weight excluding hydrogens is 405 g/mol. The second kappa shape index (κ2) is 9.45. The van der Waals surface area contributed by atoms with E-state index in [2.05, 4.69) is 10.2 Å². The van der Waals surface area contributed by atoms with Gasteiger partial charge in [-0.1, -0.05) is 23.8 Å². The summed E-state index contributed by atoms with van der Waals surface area (Å²) in [6.07, 6.45) is 3.50. The van der Waals surface area contributed by atoms with Crippen LogP contribution in [0, 0.1) is 0 Å². The van der Waals surface area contributed by atoms with Gasteiger partial charge < -0.3 is 15.0 Å². The number of anilines is 1. The third-order valence-electron chi connectivity index (χ3n) is 5.31. The van der Waals surface area contributed by atoms with Crippen LogP contribution in [0.3, 0.4) is 0 Å². The summed E-state index contributed by atoms with van der Waals surface area (Å²) < 4.78 is 44.0.